The minimum atomic E-state index is -0.523. The van der Waals surface area contributed by atoms with Crippen LogP contribution in [0.2, 0.25) is 0 Å². The van der Waals surface area contributed by atoms with Gasteiger partial charge in [-0.05, 0) is 31.2 Å². The van der Waals surface area contributed by atoms with E-state index in [4.69, 9.17) is 9.47 Å². The van der Waals surface area contributed by atoms with Gasteiger partial charge in [-0.25, -0.2) is 0 Å². The predicted molar refractivity (Wildman–Crippen MR) is 108 cm³/mol. The van der Waals surface area contributed by atoms with E-state index >= 15 is 0 Å². The third kappa shape index (κ3) is 7.44. The van der Waals surface area contributed by atoms with Crippen LogP contribution in [0, 0.1) is 0 Å². The maximum Gasteiger partial charge on any atom is 0.326 e. The Morgan fingerprint density at radius 1 is 0.893 bits per heavy atom. The molecule has 2 rings (SSSR count). The number of benzene rings is 2. The van der Waals surface area contributed by atoms with Crippen molar-refractivity contribution in [3.63, 3.8) is 0 Å². The van der Waals surface area contributed by atoms with Crippen LogP contribution in [0.4, 0.5) is 5.69 Å². The normalized spacial score (nSPS) is 10.2. The van der Waals surface area contributed by atoms with Crippen molar-refractivity contribution < 1.29 is 23.9 Å². The molecule has 148 valence electrons. The van der Waals surface area contributed by atoms with Crippen molar-refractivity contribution in [1.82, 2.24) is 0 Å². The van der Waals surface area contributed by atoms with Crippen LogP contribution in [0.5, 0.6) is 0 Å². The van der Waals surface area contributed by atoms with Crippen LogP contribution in [-0.2, 0) is 23.9 Å². The number of ether oxygens (including phenoxy) is 2. The van der Waals surface area contributed by atoms with Crippen molar-refractivity contribution in [3.8, 4) is 0 Å². The highest BCUT2D eigenvalue weighted by molar-refractivity contribution is 7.99. The van der Waals surface area contributed by atoms with Gasteiger partial charge in [-0.3, -0.25) is 19.3 Å². The Morgan fingerprint density at radius 3 is 2.18 bits per heavy atom. The second-order valence-electron chi connectivity index (χ2n) is 5.69. The first-order valence-corrected chi connectivity index (χ1v) is 9.93. The van der Waals surface area contributed by atoms with E-state index in [1.807, 2.05) is 30.3 Å². The highest BCUT2D eigenvalue weighted by atomic mass is 32.2. The van der Waals surface area contributed by atoms with Crippen molar-refractivity contribution in [2.45, 2.75) is 18.2 Å². The molecule has 0 N–H and O–H groups in total. The molecule has 0 saturated heterocycles. The lowest BCUT2D eigenvalue weighted by atomic mass is 10.3. The summed E-state index contributed by atoms with van der Waals surface area (Å²) in [6.45, 7) is 1.26. The summed E-state index contributed by atoms with van der Waals surface area (Å²) in [6.07, 6.45) is 0.191. The molecule has 0 radical (unpaired) electrons. The predicted octanol–water partition coefficient (Wildman–Crippen LogP) is 3.31. The van der Waals surface area contributed by atoms with Crippen molar-refractivity contribution in [1.29, 1.82) is 0 Å². The number of thioether (sulfide) groups is 1. The standard InChI is InChI=1S/C21H23NO5S/c1-2-26-21(25)15-22(17-9-5-3-6-10-17)19(23)16-27-20(24)13-14-28-18-11-7-4-8-12-18/h3-12H,2,13-16H2,1H3. The van der Waals surface area contributed by atoms with Gasteiger partial charge in [-0.2, -0.15) is 0 Å². The van der Waals surface area contributed by atoms with Crippen molar-refractivity contribution in [2.24, 2.45) is 0 Å². The van der Waals surface area contributed by atoms with Gasteiger partial charge >= 0.3 is 11.9 Å². The molecule has 0 saturated carbocycles. The number of amides is 1. The van der Waals surface area contributed by atoms with E-state index in [1.165, 1.54) is 4.90 Å². The third-order valence-corrected chi connectivity index (χ3v) is 4.65. The van der Waals surface area contributed by atoms with E-state index in [0.29, 0.717) is 11.4 Å². The van der Waals surface area contributed by atoms with Crippen molar-refractivity contribution in [2.75, 3.05) is 30.4 Å². The molecule has 0 unspecified atom stereocenters. The molecule has 0 aliphatic rings. The summed E-state index contributed by atoms with van der Waals surface area (Å²) < 4.78 is 10.0. The lowest BCUT2D eigenvalue weighted by Gasteiger charge is -2.21. The summed E-state index contributed by atoms with van der Waals surface area (Å²) in [4.78, 5) is 38.6. The highest BCUT2D eigenvalue weighted by Crippen LogP contribution is 2.18. The monoisotopic (exact) mass is 401 g/mol. The Kier molecular flexibility index (Phi) is 9.07. The fourth-order valence-electron chi connectivity index (χ4n) is 2.33. The van der Waals surface area contributed by atoms with Gasteiger partial charge in [0.05, 0.1) is 13.0 Å². The van der Waals surface area contributed by atoms with Gasteiger partial charge in [0.1, 0.15) is 6.54 Å². The average Bonchev–Trinajstić information content (AvgIpc) is 2.72. The van der Waals surface area contributed by atoms with E-state index in [1.54, 1.807) is 49.0 Å². The lowest BCUT2D eigenvalue weighted by molar-refractivity contribution is -0.147. The zero-order valence-electron chi connectivity index (χ0n) is 15.7. The van der Waals surface area contributed by atoms with Crippen LogP contribution in [0.3, 0.4) is 0 Å². The van der Waals surface area contributed by atoms with Crippen LogP contribution < -0.4 is 4.90 Å². The lowest BCUT2D eigenvalue weighted by Crippen LogP contribution is -2.39. The molecule has 0 atom stereocenters. The fraction of sp³-hybridized carbons (Fsp3) is 0.286. The highest BCUT2D eigenvalue weighted by Gasteiger charge is 2.21. The summed E-state index contributed by atoms with van der Waals surface area (Å²) >= 11 is 1.54. The first-order chi connectivity index (χ1) is 13.6. The molecule has 2 aromatic carbocycles. The first-order valence-electron chi connectivity index (χ1n) is 8.94. The van der Waals surface area contributed by atoms with Crippen LogP contribution in [0.25, 0.3) is 0 Å². The molecular formula is C21H23NO5S. The smallest absolute Gasteiger partial charge is 0.326 e. The molecule has 0 aliphatic carbocycles. The fourth-order valence-corrected chi connectivity index (χ4v) is 3.18. The van der Waals surface area contributed by atoms with Crippen LogP contribution in [-0.4, -0.2) is 43.4 Å². The number of nitrogens with zero attached hydrogens (tertiary/aromatic N) is 1. The molecule has 2 aromatic rings. The zero-order chi connectivity index (χ0) is 20.2. The van der Waals surface area contributed by atoms with E-state index in [9.17, 15) is 14.4 Å². The Hall–Kier alpha value is -2.80. The average molecular weight is 401 g/mol. The van der Waals surface area contributed by atoms with E-state index in [2.05, 4.69) is 0 Å². The van der Waals surface area contributed by atoms with Gasteiger partial charge in [-0.1, -0.05) is 36.4 Å². The summed E-state index contributed by atoms with van der Waals surface area (Å²) in [5.41, 5.74) is 0.538. The van der Waals surface area contributed by atoms with Crippen LogP contribution in [0.15, 0.2) is 65.6 Å². The Labute approximate surface area is 168 Å². The minimum Gasteiger partial charge on any atom is -0.465 e. The number of para-hydroxylation sites is 1. The number of rotatable bonds is 10. The summed E-state index contributed by atoms with van der Waals surface area (Å²) in [7, 11) is 0. The number of esters is 2. The van der Waals surface area contributed by atoms with Crippen LogP contribution in [0.1, 0.15) is 13.3 Å². The minimum absolute atomic E-state index is 0.191. The Balaban J connectivity index is 1.84. The number of hydrogen-bond acceptors (Lipinski definition) is 6. The quantitative estimate of drug-likeness (QED) is 0.449. The number of hydrogen-bond donors (Lipinski definition) is 0. The molecule has 0 fully saturated rings. The van der Waals surface area contributed by atoms with Crippen molar-refractivity contribution >= 4 is 35.3 Å². The van der Waals surface area contributed by atoms with Gasteiger partial charge in [-0.15, -0.1) is 11.8 Å². The third-order valence-electron chi connectivity index (χ3n) is 3.64. The SMILES string of the molecule is CCOC(=O)CN(C(=O)COC(=O)CCSc1ccccc1)c1ccccc1. The molecule has 7 heteroatoms. The van der Waals surface area contributed by atoms with Crippen molar-refractivity contribution in [3.05, 3.63) is 60.7 Å². The van der Waals surface area contributed by atoms with Gasteiger partial charge in [0.25, 0.3) is 5.91 Å². The van der Waals surface area contributed by atoms with Gasteiger partial charge in [0, 0.05) is 16.3 Å². The second kappa shape index (κ2) is 11.8. The maximum absolute atomic E-state index is 12.5. The van der Waals surface area contributed by atoms with Crippen LogP contribution >= 0.6 is 11.8 Å². The van der Waals surface area contributed by atoms with E-state index in [0.717, 1.165) is 4.90 Å². The van der Waals surface area contributed by atoms with E-state index < -0.39 is 24.5 Å². The molecule has 0 bridgehead atoms. The molecule has 28 heavy (non-hydrogen) atoms. The van der Waals surface area contributed by atoms with E-state index in [-0.39, 0.29) is 19.6 Å². The maximum atomic E-state index is 12.5. The molecule has 6 nitrogen and oxygen atoms in total. The number of carbonyl (C=O) groups is 3. The molecular weight excluding hydrogens is 378 g/mol. The summed E-state index contributed by atoms with van der Waals surface area (Å²) in [6, 6.07) is 18.5. The molecule has 0 heterocycles. The van der Waals surface area contributed by atoms with Gasteiger partial charge in [0.2, 0.25) is 0 Å². The van der Waals surface area contributed by atoms with Gasteiger partial charge in [0.15, 0.2) is 6.61 Å². The molecule has 1 amide bonds. The first kappa shape index (κ1) is 21.5. The topological polar surface area (TPSA) is 72.9 Å². The zero-order valence-corrected chi connectivity index (χ0v) is 16.5. The molecule has 0 aromatic heterocycles. The van der Waals surface area contributed by atoms with Gasteiger partial charge < -0.3 is 9.47 Å². The number of carbonyl (C=O) groups excluding carboxylic acids is 3. The summed E-state index contributed by atoms with van der Waals surface area (Å²) in [5, 5.41) is 0. The number of anilines is 1. The largest absolute Gasteiger partial charge is 0.465 e. The Bertz CT molecular complexity index is 767. The molecule has 0 aliphatic heterocycles. The Morgan fingerprint density at radius 2 is 1.54 bits per heavy atom. The second-order valence-corrected chi connectivity index (χ2v) is 6.86. The summed E-state index contributed by atoms with van der Waals surface area (Å²) in [5.74, 6) is -0.906. The molecule has 0 spiro atoms.